The molecule has 1 aliphatic heterocycles. The Bertz CT molecular complexity index is 273. The summed E-state index contributed by atoms with van der Waals surface area (Å²) in [5.41, 5.74) is 0.549. The first-order valence-corrected chi connectivity index (χ1v) is 8.37. The standard InChI is InChI=1S/C17H36N2O/c1-7-17(6,13-18-16(3,4)5)14-19-11-9-10-15(12-19)20-8-2/h15,18H,7-14H2,1-6H3. The molecule has 1 heterocycles. The summed E-state index contributed by atoms with van der Waals surface area (Å²) in [6.45, 7) is 19.0. The van der Waals surface area contributed by atoms with Crippen LogP contribution in [0.15, 0.2) is 0 Å². The molecule has 0 bridgehead atoms. The third-order valence-electron chi connectivity index (χ3n) is 4.37. The first kappa shape index (κ1) is 17.9. The van der Waals surface area contributed by atoms with Crippen molar-refractivity contribution in [2.45, 2.75) is 72.4 Å². The van der Waals surface area contributed by atoms with Gasteiger partial charge in [-0.05, 0) is 58.9 Å². The van der Waals surface area contributed by atoms with Crippen LogP contribution in [0, 0.1) is 5.41 Å². The summed E-state index contributed by atoms with van der Waals surface area (Å²) < 4.78 is 5.82. The Hall–Kier alpha value is -0.120. The Kier molecular flexibility index (Phi) is 6.96. The molecule has 0 saturated carbocycles. The number of rotatable bonds is 7. The molecule has 2 atom stereocenters. The van der Waals surface area contributed by atoms with Crippen molar-refractivity contribution in [1.29, 1.82) is 0 Å². The summed E-state index contributed by atoms with van der Waals surface area (Å²) in [4.78, 5) is 2.61. The summed E-state index contributed by atoms with van der Waals surface area (Å²) in [6, 6.07) is 0. The molecule has 0 radical (unpaired) electrons. The topological polar surface area (TPSA) is 24.5 Å². The third-order valence-corrected chi connectivity index (χ3v) is 4.37. The van der Waals surface area contributed by atoms with Gasteiger partial charge in [-0.2, -0.15) is 0 Å². The highest BCUT2D eigenvalue weighted by Gasteiger charge is 2.29. The zero-order valence-corrected chi connectivity index (χ0v) is 14.6. The van der Waals surface area contributed by atoms with Crippen molar-refractivity contribution in [1.82, 2.24) is 10.2 Å². The second-order valence-corrected chi connectivity index (χ2v) is 7.72. The molecule has 0 aromatic heterocycles. The molecule has 0 aliphatic carbocycles. The van der Waals surface area contributed by atoms with E-state index in [1.165, 1.54) is 32.4 Å². The molecule has 0 aromatic rings. The highest BCUT2D eigenvalue weighted by atomic mass is 16.5. The molecule has 1 N–H and O–H groups in total. The van der Waals surface area contributed by atoms with E-state index in [9.17, 15) is 0 Å². The number of piperidine rings is 1. The van der Waals surface area contributed by atoms with Gasteiger partial charge < -0.3 is 15.0 Å². The average Bonchev–Trinajstić information content (AvgIpc) is 2.37. The predicted molar refractivity (Wildman–Crippen MR) is 87.2 cm³/mol. The van der Waals surface area contributed by atoms with Gasteiger partial charge in [0.15, 0.2) is 0 Å². The van der Waals surface area contributed by atoms with Gasteiger partial charge in [0.1, 0.15) is 0 Å². The molecular weight excluding hydrogens is 248 g/mol. The van der Waals surface area contributed by atoms with Gasteiger partial charge in [-0.25, -0.2) is 0 Å². The van der Waals surface area contributed by atoms with Crippen LogP contribution in [0.5, 0.6) is 0 Å². The van der Waals surface area contributed by atoms with Crippen molar-refractivity contribution in [3.05, 3.63) is 0 Å². The fraction of sp³-hybridized carbons (Fsp3) is 1.00. The Labute approximate surface area is 126 Å². The van der Waals surface area contributed by atoms with E-state index in [4.69, 9.17) is 4.74 Å². The smallest absolute Gasteiger partial charge is 0.0702 e. The van der Waals surface area contributed by atoms with Gasteiger partial charge in [-0.1, -0.05) is 13.8 Å². The lowest BCUT2D eigenvalue weighted by Crippen LogP contribution is -2.50. The molecule has 1 saturated heterocycles. The summed E-state index contributed by atoms with van der Waals surface area (Å²) in [7, 11) is 0. The summed E-state index contributed by atoms with van der Waals surface area (Å²) in [6.07, 6.45) is 4.17. The lowest BCUT2D eigenvalue weighted by molar-refractivity contribution is -0.00610. The molecule has 120 valence electrons. The lowest BCUT2D eigenvalue weighted by atomic mass is 9.85. The zero-order valence-electron chi connectivity index (χ0n) is 14.6. The first-order valence-electron chi connectivity index (χ1n) is 8.37. The molecule has 20 heavy (non-hydrogen) atoms. The normalized spacial score (nSPS) is 24.6. The van der Waals surface area contributed by atoms with Crippen molar-refractivity contribution in [2.24, 2.45) is 5.41 Å². The molecule has 1 rings (SSSR count). The van der Waals surface area contributed by atoms with Crippen LogP contribution in [0.2, 0.25) is 0 Å². The number of likely N-dealkylation sites (tertiary alicyclic amines) is 1. The van der Waals surface area contributed by atoms with E-state index in [1.54, 1.807) is 0 Å². The minimum absolute atomic E-state index is 0.201. The summed E-state index contributed by atoms with van der Waals surface area (Å²) in [5, 5.41) is 3.68. The fourth-order valence-electron chi connectivity index (χ4n) is 2.84. The second kappa shape index (κ2) is 7.77. The van der Waals surface area contributed by atoms with E-state index in [0.717, 1.165) is 19.7 Å². The van der Waals surface area contributed by atoms with Crippen LogP contribution < -0.4 is 5.32 Å². The predicted octanol–water partition coefficient (Wildman–Crippen LogP) is 3.29. The second-order valence-electron chi connectivity index (χ2n) is 7.72. The van der Waals surface area contributed by atoms with Gasteiger partial charge in [0.05, 0.1) is 6.10 Å². The maximum Gasteiger partial charge on any atom is 0.0702 e. The maximum atomic E-state index is 5.82. The van der Waals surface area contributed by atoms with Crippen LogP contribution in [-0.2, 0) is 4.74 Å². The van der Waals surface area contributed by atoms with Crippen molar-refractivity contribution in [2.75, 3.05) is 32.8 Å². The molecule has 3 nitrogen and oxygen atoms in total. The third kappa shape index (κ3) is 6.55. The lowest BCUT2D eigenvalue weighted by Gasteiger charge is -2.40. The van der Waals surface area contributed by atoms with E-state index in [2.05, 4.69) is 51.8 Å². The fourth-order valence-corrected chi connectivity index (χ4v) is 2.84. The van der Waals surface area contributed by atoms with Crippen molar-refractivity contribution >= 4 is 0 Å². The Morgan fingerprint density at radius 2 is 1.90 bits per heavy atom. The molecular formula is C17H36N2O. The van der Waals surface area contributed by atoms with E-state index in [0.29, 0.717) is 11.5 Å². The molecule has 0 aromatic carbocycles. The van der Waals surface area contributed by atoms with Crippen LogP contribution >= 0.6 is 0 Å². The number of nitrogens with one attached hydrogen (secondary N) is 1. The SMILES string of the molecule is CCOC1CCCN(CC(C)(CC)CNC(C)(C)C)C1. The van der Waals surface area contributed by atoms with E-state index < -0.39 is 0 Å². The Balaban J connectivity index is 2.49. The van der Waals surface area contributed by atoms with Crippen LogP contribution in [-0.4, -0.2) is 49.3 Å². The average molecular weight is 284 g/mol. The monoisotopic (exact) mass is 284 g/mol. The molecule has 1 aliphatic rings. The van der Waals surface area contributed by atoms with Crippen LogP contribution in [0.3, 0.4) is 0 Å². The quantitative estimate of drug-likeness (QED) is 0.776. The minimum Gasteiger partial charge on any atom is -0.377 e. The van der Waals surface area contributed by atoms with Gasteiger partial charge in [-0.15, -0.1) is 0 Å². The van der Waals surface area contributed by atoms with Crippen LogP contribution in [0.1, 0.15) is 60.8 Å². The minimum atomic E-state index is 0.201. The molecule has 1 fully saturated rings. The zero-order chi connectivity index (χ0) is 15.2. The van der Waals surface area contributed by atoms with Gasteiger partial charge >= 0.3 is 0 Å². The van der Waals surface area contributed by atoms with E-state index in [-0.39, 0.29) is 5.54 Å². The van der Waals surface area contributed by atoms with Crippen molar-refractivity contribution < 1.29 is 4.74 Å². The number of hydrogen-bond donors (Lipinski definition) is 1. The Morgan fingerprint density at radius 3 is 2.45 bits per heavy atom. The van der Waals surface area contributed by atoms with E-state index in [1.807, 2.05) is 0 Å². The number of nitrogens with zero attached hydrogens (tertiary/aromatic N) is 1. The molecule has 3 heteroatoms. The largest absolute Gasteiger partial charge is 0.377 e. The summed E-state index contributed by atoms with van der Waals surface area (Å²) in [5.74, 6) is 0. The molecule has 0 amide bonds. The van der Waals surface area contributed by atoms with Crippen LogP contribution in [0.4, 0.5) is 0 Å². The highest BCUT2D eigenvalue weighted by Crippen LogP contribution is 2.25. The van der Waals surface area contributed by atoms with Gasteiger partial charge in [0.25, 0.3) is 0 Å². The van der Waals surface area contributed by atoms with Crippen molar-refractivity contribution in [3.8, 4) is 0 Å². The van der Waals surface area contributed by atoms with Crippen LogP contribution in [0.25, 0.3) is 0 Å². The molecule has 2 unspecified atom stereocenters. The number of ether oxygens (including phenoxy) is 1. The maximum absolute atomic E-state index is 5.82. The van der Waals surface area contributed by atoms with E-state index >= 15 is 0 Å². The Morgan fingerprint density at radius 1 is 1.20 bits per heavy atom. The number of hydrogen-bond acceptors (Lipinski definition) is 3. The highest BCUT2D eigenvalue weighted by molar-refractivity contribution is 4.85. The summed E-state index contributed by atoms with van der Waals surface area (Å²) >= 11 is 0. The van der Waals surface area contributed by atoms with Crippen molar-refractivity contribution in [3.63, 3.8) is 0 Å². The van der Waals surface area contributed by atoms with Gasteiger partial charge in [0.2, 0.25) is 0 Å². The first-order chi connectivity index (χ1) is 9.28. The van der Waals surface area contributed by atoms with Gasteiger partial charge in [-0.3, -0.25) is 0 Å². The molecule has 0 spiro atoms. The van der Waals surface area contributed by atoms with Gasteiger partial charge in [0, 0.05) is 31.8 Å².